The number of carboxylic acid groups (broad SMARTS) is 1. The van der Waals surface area contributed by atoms with Crippen LogP contribution in [0.1, 0.15) is 32.1 Å². The van der Waals surface area contributed by atoms with Crippen molar-refractivity contribution < 1.29 is 9.90 Å². The molecule has 0 aromatic carbocycles. The molecule has 1 aliphatic carbocycles. The molecule has 0 aliphatic heterocycles. The van der Waals surface area contributed by atoms with Crippen LogP contribution in [0.2, 0.25) is 0 Å². The molecule has 0 spiro atoms. The lowest BCUT2D eigenvalue weighted by Gasteiger charge is -2.16. The third kappa shape index (κ3) is 5.09. The van der Waals surface area contributed by atoms with Crippen LogP contribution in [0, 0.1) is 5.92 Å². The van der Waals surface area contributed by atoms with E-state index in [0.29, 0.717) is 0 Å². The van der Waals surface area contributed by atoms with Crippen LogP contribution in [0.4, 0.5) is 0 Å². The van der Waals surface area contributed by atoms with Gasteiger partial charge in [-0.2, -0.15) is 0 Å². The monoisotopic (exact) mass is 174 g/mol. The summed E-state index contributed by atoms with van der Waals surface area (Å²) in [5, 5.41) is 8.54. The highest BCUT2D eigenvalue weighted by Crippen LogP contribution is 2.23. The number of rotatable bonds is 1. The molecular formula is C8H18N2O2. The lowest BCUT2D eigenvalue weighted by molar-refractivity contribution is -0.142. The van der Waals surface area contributed by atoms with E-state index >= 15 is 0 Å². The van der Waals surface area contributed by atoms with E-state index in [9.17, 15) is 4.79 Å². The normalized spacial score (nSPS) is 17.8. The molecule has 72 valence electrons. The smallest absolute Gasteiger partial charge is 0.306 e. The summed E-state index contributed by atoms with van der Waals surface area (Å²) in [6, 6.07) is 0. The fraction of sp³-hybridized carbons (Fsp3) is 0.875. The predicted molar refractivity (Wildman–Crippen MR) is 47.5 cm³/mol. The van der Waals surface area contributed by atoms with Gasteiger partial charge in [0.2, 0.25) is 0 Å². The van der Waals surface area contributed by atoms with Gasteiger partial charge in [-0.25, -0.2) is 0 Å². The fourth-order valence-electron chi connectivity index (χ4n) is 1.35. The first kappa shape index (κ1) is 11.4. The van der Waals surface area contributed by atoms with Gasteiger partial charge in [-0.3, -0.25) is 4.79 Å². The molecule has 4 nitrogen and oxygen atoms in total. The predicted octanol–water partition coefficient (Wildman–Crippen LogP) is 0.513. The Labute approximate surface area is 72.9 Å². The number of hydrogen-bond acceptors (Lipinski definition) is 3. The van der Waals surface area contributed by atoms with Gasteiger partial charge < -0.3 is 16.6 Å². The second-order valence-electron chi connectivity index (χ2n) is 2.91. The van der Waals surface area contributed by atoms with Crippen molar-refractivity contribution in [1.29, 1.82) is 0 Å². The summed E-state index contributed by atoms with van der Waals surface area (Å²) in [7, 11) is 0. The zero-order chi connectivity index (χ0) is 9.40. The maximum Gasteiger partial charge on any atom is 0.306 e. The number of carboxylic acids is 1. The van der Waals surface area contributed by atoms with Crippen molar-refractivity contribution in [2.45, 2.75) is 32.1 Å². The van der Waals surface area contributed by atoms with Crippen molar-refractivity contribution in [3.05, 3.63) is 0 Å². The SMILES string of the molecule is NCN.O=C(O)C1CCCCC1. The molecule has 12 heavy (non-hydrogen) atoms. The molecule has 0 aromatic rings. The second kappa shape index (κ2) is 7.06. The first-order chi connectivity index (χ1) is 5.72. The Kier molecular flexibility index (Phi) is 6.70. The molecule has 1 saturated carbocycles. The van der Waals surface area contributed by atoms with Crippen LogP contribution in [0.3, 0.4) is 0 Å². The van der Waals surface area contributed by atoms with Crippen LogP contribution >= 0.6 is 0 Å². The second-order valence-corrected chi connectivity index (χ2v) is 2.91. The van der Waals surface area contributed by atoms with Gasteiger partial charge in [0.05, 0.1) is 5.92 Å². The summed E-state index contributed by atoms with van der Waals surface area (Å²) < 4.78 is 0. The first-order valence-corrected chi connectivity index (χ1v) is 4.35. The third-order valence-electron chi connectivity index (χ3n) is 1.95. The Bertz CT molecular complexity index is 122. The number of carbonyl (C=O) groups is 1. The fourth-order valence-corrected chi connectivity index (χ4v) is 1.35. The van der Waals surface area contributed by atoms with Gasteiger partial charge >= 0.3 is 5.97 Å². The van der Waals surface area contributed by atoms with E-state index in [-0.39, 0.29) is 12.6 Å². The molecule has 0 saturated heterocycles. The molecule has 5 N–H and O–H groups in total. The molecule has 0 unspecified atom stereocenters. The Morgan fingerprint density at radius 2 is 1.67 bits per heavy atom. The van der Waals surface area contributed by atoms with Gasteiger partial charge in [-0.1, -0.05) is 19.3 Å². The highest BCUT2D eigenvalue weighted by molar-refractivity contribution is 5.69. The lowest BCUT2D eigenvalue weighted by atomic mass is 9.90. The molecule has 0 amide bonds. The summed E-state index contributed by atoms with van der Waals surface area (Å²) >= 11 is 0. The average Bonchev–Trinajstić information content (AvgIpc) is 2.07. The summed E-state index contributed by atoms with van der Waals surface area (Å²) in [5.41, 5.74) is 9.25. The van der Waals surface area contributed by atoms with Crippen LogP contribution in [0.15, 0.2) is 0 Å². The van der Waals surface area contributed by atoms with Crippen LogP contribution in [0.5, 0.6) is 0 Å². The maximum absolute atomic E-state index is 10.4. The quantitative estimate of drug-likeness (QED) is 0.505. The van der Waals surface area contributed by atoms with Crippen molar-refractivity contribution in [2.24, 2.45) is 17.4 Å². The van der Waals surface area contributed by atoms with Gasteiger partial charge in [0.15, 0.2) is 0 Å². The van der Waals surface area contributed by atoms with Crippen molar-refractivity contribution in [3.8, 4) is 0 Å². The molecule has 0 heterocycles. The first-order valence-electron chi connectivity index (χ1n) is 4.35. The lowest BCUT2D eigenvalue weighted by Crippen LogP contribution is -2.16. The van der Waals surface area contributed by atoms with E-state index < -0.39 is 5.97 Å². The van der Waals surface area contributed by atoms with Gasteiger partial charge in [0, 0.05) is 6.67 Å². The molecule has 0 aromatic heterocycles. The largest absolute Gasteiger partial charge is 0.481 e. The molecule has 0 bridgehead atoms. The highest BCUT2D eigenvalue weighted by atomic mass is 16.4. The van der Waals surface area contributed by atoms with Gasteiger partial charge in [-0.05, 0) is 12.8 Å². The molecule has 1 aliphatic rings. The van der Waals surface area contributed by atoms with Crippen molar-refractivity contribution in [1.82, 2.24) is 0 Å². The van der Waals surface area contributed by atoms with E-state index in [1.807, 2.05) is 0 Å². The van der Waals surface area contributed by atoms with E-state index in [0.717, 1.165) is 25.7 Å². The van der Waals surface area contributed by atoms with Crippen LogP contribution in [-0.4, -0.2) is 17.7 Å². The minimum Gasteiger partial charge on any atom is -0.481 e. The average molecular weight is 174 g/mol. The molecule has 0 radical (unpaired) electrons. The Hall–Kier alpha value is -0.610. The number of nitrogens with two attached hydrogens (primary N) is 2. The van der Waals surface area contributed by atoms with Gasteiger partial charge in [0.25, 0.3) is 0 Å². The zero-order valence-electron chi connectivity index (χ0n) is 7.33. The summed E-state index contributed by atoms with van der Waals surface area (Å²) in [4.78, 5) is 10.4. The van der Waals surface area contributed by atoms with E-state index in [1.54, 1.807) is 0 Å². The van der Waals surface area contributed by atoms with Crippen LogP contribution in [0.25, 0.3) is 0 Å². The Balaban J connectivity index is 0.000000354. The minimum absolute atomic E-state index is 0.0289. The van der Waals surface area contributed by atoms with Crippen molar-refractivity contribution >= 4 is 5.97 Å². The van der Waals surface area contributed by atoms with Crippen molar-refractivity contribution in [2.75, 3.05) is 6.67 Å². The maximum atomic E-state index is 10.4. The molecule has 1 rings (SSSR count). The van der Waals surface area contributed by atoms with Gasteiger partial charge in [0.1, 0.15) is 0 Å². The van der Waals surface area contributed by atoms with Crippen molar-refractivity contribution in [3.63, 3.8) is 0 Å². The summed E-state index contributed by atoms with van der Waals surface area (Å²) in [5.74, 6) is -0.631. The number of hydrogen-bond donors (Lipinski definition) is 3. The molecule has 1 fully saturated rings. The van der Waals surface area contributed by atoms with E-state index in [2.05, 4.69) is 11.5 Å². The van der Waals surface area contributed by atoms with Crippen LogP contribution in [-0.2, 0) is 4.79 Å². The minimum atomic E-state index is -0.602. The standard InChI is InChI=1S/C7H12O2.CH6N2/c8-7(9)6-4-2-1-3-5-6;2-1-3/h6H,1-5H2,(H,8,9);1-3H2. The highest BCUT2D eigenvalue weighted by Gasteiger charge is 2.19. The Morgan fingerprint density at radius 3 is 1.92 bits per heavy atom. The zero-order valence-corrected chi connectivity index (χ0v) is 7.33. The number of aliphatic carboxylic acids is 1. The topological polar surface area (TPSA) is 89.3 Å². The van der Waals surface area contributed by atoms with E-state index in [1.165, 1.54) is 6.42 Å². The molecule has 0 atom stereocenters. The summed E-state index contributed by atoms with van der Waals surface area (Å²) in [6.45, 7) is 0.250. The molecular weight excluding hydrogens is 156 g/mol. The Morgan fingerprint density at radius 1 is 1.25 bits per heavy atom. The summed E-state index contributed by atoms with van der Waals surface area (Å²) in [6.07, 6.45) is 5.24. The third-order valence-corrected chi connectivity index (χ3v) is 1.95. The van der Waals surface area contributed by atoms with E-state index in [4.69, 9.17) is 5.11 Å². The van der Waals surface area contributed by atoms with Crippen LogP contribution < -0.4 is 11.5 Å². The van der Waals surface area contributed by atoms with Gasteiger partial charge in [-0.15, -0.1) is 0 Å². The molecule has 4 heteroatoms.